The van der Waals surface area contributed by atoms with Crippen LogP contribution in [0.3, 0.4) is 0 Å². The number of pyridine rings is 1. The Morgan fingerprint density at radius 1 is 1.30 bits per heavy atom. The fourth-order valence-electron chi connectivity index (χ4n) is 2.99. The average Bonchev–Trinajstić information content (AvgIpc) is 3.09. The molecule has 0 spiro atoms. The molecule has 142 valence electrons. The normalized spacial score (nSPS) is 12.3. The SMILES string of the molecule is CCCCn1ncc2c(-c3ccc(C)cn3)cc(C(=O)NC(C)CO)cc21. The van der Waals surface area contributed by atoms with Crippen LogP contribution in [-0.4, -0.2) is 38.4 Å². The summed E-state index contributed by atoms with van der Waals surface area (Å²) in [5, 5.41) is 17.6. The van der Waals surface area contributed by atoms with Crippen LogP contribution in [0.2, 0.25) is 0 Å². The maximum Gasteiger partial charge on any atom is 0.251 e. The molecule has 3 aromatic rings. The van der Waals surface area contributed by atoms with Gasteiger partial charge >= 0.3 is 0 Å². The molecule has 0 saturated carbocycles. The highest BCUT2D eigenvalue weighted by atomic mass is 16.3. The van der Waals surface area contributed by atoms with E-state index in [1.807, 2.05) is 48.3 Å². The zero-order valence-electron chi connectivity index (χ0n) is 16.1. The summed E-state index contributed by atoms with van der Waals surface area (Å²) in [5.74, 6) is -0.213. The predicted octanol–water partition coefficient (Wildman–Crippen LogP) is 3.32. The van der Waals surface area contributed by atoms with Crippen molar-refractivity contribution in [3.63, 3.8) is 0 Å². The third kappa shape index (κ3) is 4.17. The molecule has 1 amide bonds. The van der Waals surface area contributed by atoms with E-state index in [0.29, 0.717) is 5.56 Å². The van der Waals surface area contributed by atoms with E-state index in [-0.39, 0.29) is 18.6 Å². The molecule has 27 heavy (non-hydrogen) atoms. The van der Waals surface area contributed by atoms with Crippen molar-refractivity contribution >= 4 is 16.8 Å². The maximum absolute atomic E-state index is 12.7. The monoisotopic (exact) mass is 366 g/mol. The third-order valence-electron chi connectivity index (χ3n) is 4.59. The smallest absolute Gasteiger partial charge is 0.251 e. The number of nitrogens with one attached hydrogen (secondary N) is 1. The van der Waals surface area contributed by atoms with Crippen molar-refractivity contribution < 1.29 is 9.90 Å². The first-order valence-corrected chi connectivity index (χ1v) is 9.37. The second kappa shape index (κ2) is 8.31. The Morgan fingerprint density at radius 3 is 2.78 bits per heavy atom. The molecule has 0 aliphatic carbocycles. The summed E-state index contributed by atoms with van der Waals surface area (Å²) in [6, 6.07) is 7.39. The first-order valence-electron chi connectivity index (χ1n) is 9.37. The van der Waals surface area contributed by atoms with Crippen LogP contribution >= 0.6 is 0 Å². The van der Waals surface area contributed by atoms with Crippen molar-refractivity contribution in [3.8, 4) is 11.3 Å². The second-order valence-corrected chi connectivity index (χ2v) is 6.96. The number of unbranched alkanes of at least 4 members (excludes halogenated alkanes) is 1. The number of fused-ring (bicyclic) bond motifs is 1. The molecule has 6 nitrogen and oxygen atoms in total. The molecule has 0 bridgehead atoms. The van der Waals surface area contributed by atoms with Crippen LogP contribution < -0.4 is 5.32 Å². The first kappa shape index (κ1) is 19.0. The van der Waals surface area contributed by atoms with E-state index in [9.17, 15) is 9.90 Å². The van der Waals surface area contributed by atoms with Gasteiger partial charge in [-0.1, -0.05) is 19.4 Å². The lowest BCUT2D eigenvalue weighted by atomic mass is 10.0. The number of rotatable bonds is 7. The standard InChI is InChI=1S/C21H26N4O2/c1-4-5-8-25-20-10-16(21(27)24-15(3)13-26)9-17(18(20)12-23-25)19-7-6-14(2)11-22-19/h6-7,9-12,15,26H,4-5,8,13H2,1-3H3,(H,24,27). The summed E-state index contributed by atoms with van der Waals surface area (Å²) in [6.45, 7) is 6.61. The number of aliphatic hydroxyl groups excluding tert-OH is 1. The van der Waals surface area contributed by atoms with Crippen LogP contribution in [0.1, 0.15) is 42.6 Å². The Balaban J connectivity index is 2.12. The molecule has 2 N–H and O–H groups in total. The minimum absolute atomic E-state index is 0.102. The maximum atomic E-state index is 12.7. The van der Waals surface area contributed by atoms with E-state index in [0.717, 1.165) is 47.1 Å². The molecule has 2 aromatic heterocycles. The molecule has 0 radical (unpaired) electrons. The minimum Gasteiger partial charge on any atom is -0.394 e. The summed E-state index contributed by atoms with van der Waals surface area (Å²) in [7, 11) is 0. The Hall–Kier alpha value is -2.73. The second-order valence-electron chi connectivity index (χ2n) is 6.96. The largest absolute Gasteiger partial charge is 0.394 e. The average molecular weight is 366 g/mol. The third-order valence-corrected chi connectivity index (χ3v) is 4.59. The quantitative estimate of drug-likeness (QED) is 0.672. The molecule has 0 fully saturated rings. The van der Waals surface area contributed by atoms with Gasteiger partial charge in [-0.25, -0.2) is 0 Å². The van der Waals surface area contributed by atoms with Gasteiger partial charge in [0.05, 0.1) is 24.0 Å². The summed E-state index contributed by atoms with van der Waals surface area (Å²) >= 11 is 0. The molecule has 1 unspecified atom stereocenters. The van der Waals surface area contributed by atoms with E-state index in [1.54, 1.807) is 6.92 Å². The molecular formula is C21H26N4O2. The summed E-state index contributed by atoms with van der Waals surface area (Å²) in [6.07, 6.45) is 5.76. The molecule has 0 aliphatic heterocycles. The van der Waals surface area contributed by atoms with Gasteiger partial charge < -0.3 is 10.4 Å². The van der Waals surface area contributed by atoms with E-state index in [4.69, 9.17) is 0 Å². The number of hydrogen-bond acceptors (Lipinski definition) is 4. The van der Waals surface area contributed by atoms with E-state index in [2.05, 4.69) is 22.3 Å². The number of nitrogens with zero attached hydrogens (tertiary/aromatic N) is 3. The van der Waals surface area contributed by atoms with Crippen LogP contribution in [0.5, 0.6) is 0 Å². The number of amides is 1. The molecule has 3 rings (SSSR count). The Labute approximate surface area is 159 Å². The number of carbonyl (C=O) groups is 1. The van der Waals surface area contributed by atoms with Crippen LogP contribution in [-0.2, 0) is 6.54 Å². The zero-order valence-corrected chi connectivity index (χ0v) is 16.1. The van der Waals surface area contributed by atoms with Gasteiger partial charge in [0.25, 0.3) is 5.91 Å². The zero-order chi connectivity index (χ0) is 19.4. The van der Waals surface area contributed by atoms with Gasteiger partial charge in [0.15, 0.2) is 0 Å². The molecule has 0 saturated heterocycles. The molecular weight excluding hydrogens is 340 g/mol. The van der Waals surface area contributed by atoms with Crippen molar-refractivity contribution in [2.45, 2.75) is 46.2 Å². The number of carbonyl (C=O) groups excluding carboxylic acids is 1. The van der Waals surface area contributed by atoms with Crippen LogP contribution in [0, 0.1) is 6.92 Å². The van der Waals surface area contributed by atoms with Gasteiger partial charge in [0.1, 0.15) is 0 Å². The first-order chi connectivity index (χ1) is 13.0. The van der Waals surface area contributed by atoms with Crippen LogP contribution in [0.25, 0.3) is 22.2 Å². The van der Waals surface area contributed by atoms with Gasteiger partial charge in [0.2, 0.25) is 0 Å². The number of benzene rings is 1. The van der Waals surface area contributed by atoms with Crippen molar-refractivity contribution in [2.75, 3.05) is 6.61 Å². The van der Waals surface area contributed by atoms with Gasteiger partial charge in [0, 0.05) is 35.3 Å². The van der Waals surface area contributed by atoms with E-state index < -0.39 is 0 Å². The number of hydrogen-bond donors (Lipinski definition) is 2. The summed E-state index contributed by atoms with van der Waals surface area (Å²) in [5.41, 5.74) is 4.24. The van der Waals surface area contributed by atoms with Gasteiger partial charge in [-0.15, -0.1) is 0 Å². The Kier molecular flexibility index (Phi) is 5.86. The van der Waals surface area contributed by atoms with Crippen molar-refractivity contribution in [3.05, 3.63) is 47.8 Å². The van der Waals surface area contributed by atoms with E-state index >= 15 is 0 Å². The molecule has 0 aliphatic rings. The van der Waals surface area contributed by atoms with Crippen molar-refractivity contribution in [1.29, 1.82) is 0 Å². The molecule has 1 aromatic carbocycles. The highest BCUT2D eigenvalue weighted by Gasteiger charge is 2.16. The topological polar surface area (TPSA) is 80.0 Å². The molecule has 1 atom stereocenters. The minimum atomic E-state index is -0.306. The van der Waals surface area contributed by atoms with E-state index in [1.165, 1.54) is 0 Å². The van der Waals surface area contributed by atoms with Gasteiger partial charge in [-0.2, -0.15) is 5.10 Å². The molecule has 6 heteroatoms. The lowest BCUT2D eigenvalue weighted by Crippen LogP contribution is -2.35. The highest BCUT2D eigenvalue weighted by molar-refractivity contribution is 6.03. The van der Waals surface area contributed by atoms with Crippen molar-refractivity contribution in [1.82, 2.24) is 20.1 Å². The van der Waals surface area contributed by atoms with Gasteiger partial charge in [-0.05, 0) is 44.0 Å². The lowest BCUT2D eigenvalue weighted by molar-refractivity contribution is 0.0922. The lowest BCUT2D eigenvalue weighted by Gasteiger charge is -2.13. The Bertz CT molecular complexity index is 931. The Morgan fingerprint density at radius 2 is 2.11 bits per heavy atom. The van der Waals surface area contributed by atoms with Crippen LogP contribution in [0.15, 0.2) is 36.7 Å². The number of aromatic nitrogens is 3. The van der Waals surface area contributed by atoms with Gasteiger partial charge in [-0.3, -0.25) is 14.5 Å². The fraction of sp³-hybridized carbons (Fsp3) is 0.381. The fourth-order valence-corrected chi connectivity index (χ4v) is 2.99. The highest BCUT2D eigenvalue weighted by Crippen LogP contribution is 2.29. The predicted molar refractivity (Wildman–Crippen MR) is 107 cm³/mol. The molecule has 2 heterocycles. The number of aliphatic hydroxyl groups is 1. The summed E-state index contributed by atoms with van der Waals surface area (Å²) in [4.78, 5) is 17.2. The van der Waals surface area contributed by atoms with Crippen molar-refractivity contribution in [2.24, 2.45) is 0 Å². The number of aryl methyl sites for hydroxylation is 2. The van der Waals surface area contributed by atoms with Crippen LogP contribution in [0.4, 0.5) is 0 Å². The summed E-state index contributed by atoms with van der Waals surface area (Å²) < 4.78 is 1.95.